The topological polar surface area (TPSA) is 91.7 Å². The van der Waals surface area contributed by atoms with E-state index in [-0.39, 0.29) is 0 Å². The fourth-order valence-electron chi connectivity index (χ4n) is 2.34. The number of hydrogen-bond donors (Lipinski definition) is 2. The molecule has 0 spiro atoms. The van der Waals surface area contributed by atoms with E-state index >= 15 is 0 Å². The molecule has 0 aliphatic heterocycles. The summed E-state index contributed by atoms with van der Waals surface area (Å²) in [5, 5.41) is 13.6. The average Bonchev–Trinajstić information content (AvgIpc) is 2.98. The monoisotopic (exact) mass is 303 g/mol. The molecule has 0 bridgehead atoms. The molecule has 112 valence electrons. The lowest BCUT2D eigenvalue weighted by Gasteiger charge is -2.01. The van der Waals surface area contributed by atoms with Crippen molar-refractivity contribution in [3.8, 4) is 0 Å². The Hall–Kier alpha value is -3.35. The molecule has 7 nitrogen and oxygen atoms in total. The molecule has 0 aliphatic rings. The highest BCUT2D eigenvalue weighted by molar-refractivity contribution is 6.03. The van der Waals surface area contributed by atoms with E-state index in [0.717, 1.165) is 27.8 Å². The molecule has 0 fully saturated rings. The van der Waals surface area contributed by atoms with E-state index in [1.165, 1.54) is 0 Å². The van der Waals surface area contributed by atoms with Gasteiger partial charge in [-0.25, -0.2) is 5.43 Å². The molecule has 7 heteroatoms. The molecule has 0 amide bonds. The third-order valence-electron chi connectivity index (χ3n) is 3.48. The number of hydrogen-bond acceptors (Lipinski definition) is 6. The minimum atomic E-state index is 0.333. The quantitative estimate of drug-likeness (QED) is 0.448. The van der Waals surface area contributed by atoms with Gasteiger partial charge in [0, 0.05) is 17.1 Å². The molecule has 0 atom stereocenters. The second-order valence-electron chi connectivity index (χ2n) is 5.03. The van der Waals surface area contributed by atoms with Gasteiger partial charge in [-0.15, -0.1) is 10.2 Å². The van der Waals surface area contributed by atoms with Crippen molar-refractivity contribution in [1.82, 2.24) is 25.1 Å². The average molecular weight is 303 g/mol. The van der Waals surface area contributed by atoms with Gasteiger partial charge in [0.1, 0.15) is 5.52 Å². The number of benzene rings is 1. The van der Waals surface area contributed by atoms with Crippen molar-refractivity contribution in [3.05, 3.63) is 54.4 Å². The lowest BCUT2D eigenvalue weighted by atomic mass is 10.2. The number of para-hydroxylation sites is 1. The smallest absolute Gasteiger partial charge is 0.265 e. The molecular weight excluding hydrogens is 290 g/mol. The largest absolute Gasteiger partial charge is 0.338 e. The van der Waals surface area contributed by atoms with Crippen molar-refractivity contribution < 1.29 is 0 Å². The summed E-state index contributed by atoms with van der Waals surface area (Å²) in [5.41, 5.74) is 6.76. The zero-order valence-corrected chi connectivity index (χ0v) is 12.4. The van der Waals surface area contributed by atoms with Gasteiger partial charge in [-0.05, 0) is 25.1 Å². The molecule has 3 aromatic heterocycles. The zero-order valence-electron chi connectivity index (χ0n) is 12.4. The van der Waals surface area contributed by atoms with Gasteiger partial charge in [-0.3, -0.25) is 4.98 Å². The first-order chi connectivity index (χ1) is 11.3. The molecule has 4 aromatic rings. The van der Waals surface area contributed by atoms with Crippen molar-refractivity contribution in [2.24, 2.45) is 5.10 Å². The Morgan fingerprint density at radius 3 is 2.83 bits per heavy atom. The van der Waals surface area contributed by atoms with Crippen LogP contribution in [0.25, 0.3) is 22.1 Å². The van der Waals surface area contributed by atoms with E-state index in [4.69, 9.17) is 0 Å². The number of nitrogens with zero attached hydrogens (tertiary/aromatic N) is 5. The Balaban J connectivity index is 1.66. The van der Waals surface area contributed by atoms with Crippen LogP contribution in [0.1, 0.15) is 12.6 Å². The first-order valence-corrected chi connectivity index (χ1v) is 7.14. The fourth-order valence-corrected chi connectivity index (χ4v) is 2.34. The lowest BCUT2D eigenvalue weighted by Crippen LogP contribution is -2.04. The van der Waals surface area contributed by atoms with Crippen LogP contribution < -0.4 is 5.43 Å². The van der Waals surface area contributed by atoms with Gasteiger partial charge in [-0.1, -0.05) is 24.3 Å². The molecule has 1 aromatic carbocycles. The van der Waals surface area contributed by atoms with Crippen LogP contribution in [0.4, 0.5) is 5.95 Å². The summed E-state index contributed by atoms with van der Waals surface area (Å²) in [5.74, 6) is 0.333. The number of nitrogens with one attached hydrogen (secondary N) is 2. The molecule has 0 radical (unpaired) electrons. The molecule has 0 unspecified atom stereocenters. The van der Waals surface area contributed by atoms with E-state index in [2.05, 4.69) is 35.7 Å². The summed E-state index contributed by atoms with van der Waals surface area (Å²) in [6.45, 7) is 1.87. The number of hydrazone groups is 1. The fraction of sp³-hybridized carbons (Fsp3) is 0.0625. The Morgan fingerprint density at radius 2 is 1.96 bits per heavy atom. The Morgan fingerprint density at radius 1 is 1.09 bits per heavy atom. The van der Waals surface area contributed by atoms with Crippen molar-refractivity contribution in [1.29, 1.82) is 0 Å². The number of aromatic amines is 1. The minimum absolute atomic E-state index is 0.333. The number of H-pyrrole nitrogens is 1. The van der Waals surface area contributed by atoms with Crippen LogP contribution in [-0.2, 0) is 0 Å². The molecule has 0 saturated carbocycles. The lowest BCUT2D eigenvalue weighted by molar-refractivity contribution is 1.01. The minimum Gasteiger partial charge on any atom is -0.338 e. The predicted octanol–water partition coefficient (Wildman–Crippen LogP) is 2.74. The number of aromatic nitrogens is 5. The van der Waals surface area contributed by atoms with Crippen molar-refractivity contribution >= 4 is 33.7 Å². The van der Waals surface area contributed by atoms with Crippen LogP contribution in [0.2, 0.25) is 0 Å². The first kappa shape index (κ1) is 13.3. The SMILES string of the molecule is CC(=NNc1nnc2c(n1)[nH]c1ccccc12)c1ccccn1. The molecule has 4 rings (SSSR count). The third kappa shape index (κ3) is 2.48. The van der Waals surface area contributed by atoms with Gasteiger partial charge < -0.3 is 4.98 Å². The molecule has 0 aliphatic carbocycles. The van der Waals surface area contributed by atoms with Crippen molar-refractivity contribution in [2.45, 2.75) is 6.92 Å². The van der Waals surface area contributed by atoms with Crippen molar-refractivity contribution in [2.75, 3.05) is 5.43 Å². The van der Waals surface area contributed by atoms with Gasteiger partial charge >= 0.3 is 0 Å². The van der Waals surface area contributed by atoms with Gasteiger partial charge in [0.15, 0.2) is 5.65 Å². The second-order valence-corrected chi connectivity index (χ2v) is 5.03. The summed E-state index contributed by atoms with van der Waals surface area (Å²) >= 11 is 0. The van der Waals surface area contributed by atoms with Crippen LogP contribution >= 0.6 is 0 Å². The first-order valence-electron chi connectivity index (χ1n) is 7.14. The number of pyridine rings is 1. The van der Waals surface area contributed by atoms with Gasteiger partial charge in [0.2, 0.25) is 0 Å². The zero-order chi connectivity index (χ0) is 15.6. The molecule has 2 N–H and O–H groups in total. The summed E-state index contributed by atoms with van der Waals surface area (Å²) in [7, 11) is 0. The van der Waals surface area contributed by atoms with E-state index in [9.17, 15) is 0 Å². The van der Waals surface area contributed by atoms with Gasteiger partial charge in [0.25, 0.3) is 5.95 Å². The van der Waals surface area contributed by atoms with Gasteiger partial charge in [0.05, 0.1) is 11.4 Å². The number of fused-ring (bicyclic) bond motifs is 3. The van der Waals surface area contributed by atoms with Crippen molar-refractivity contribution in [3.63, 3.8) is 0 Å². The molecule has 23 heavy (non-hydrogen) atoms. The maximum atomic E-state index is 4.41. The summed E-state index contributed by atoms with van der Waals surface area (Å²) in [4.78, 5) is 11.9. The highest BCUT2D eigenvalue weighted by Crippen LogP contribution is 2.21. The highest BCUT2D eigenvalue weighted by Gasteiger charge is 2.08. The Kier molecular flexibility index (Phi) is 3.16. The van der Waals surface area contributed by atoms with E-state index in [0.29, 0.717) is 11.6 Å². The van der Waals surface area contributed by atoms with Gasteiger partial charge in [-0.2, -0.15) is 10.1 Å². The standard InChI is InChI=1S/C16H13N7/c1-10(12-7-4-5-9-17-12)20-22-16-19-15-14(21-23-16)11-6-2-3-8-13(11)18-15/h2-9H,1H3,(H2,18,19,22,23). The van der Waals surface area contributed by atoms with E-state index < -0.39 is 0 Å². The number of rotatable bonds is 3. The van der Waals surface area contributed by atoms with Crippen LogP contribution in [0.5, 0.6) is 0 Å². The highest BCUT2D eigenvalue weighted by atomic mass is 15.4. The summed E-state index contributed by atoms with van der Waals surface area (Å²) in [6.07, 6.45) is 1.73. The van der Waals surface area contributed by atoms with Crippen LogP contribution in [0, 0.1) is 0 Å². The maximum absolute atomic E-state index is 4.41. The van der Waals surface area contributed by atoms with Crippen LogP contribution in [0.15, 0.2) is 53.8 Å². The third-order valence-corrected chi connectivity index (χ3v) is 3.48. The van der Waals surface area contributed by atoms with E-state index in [1.807, 2.05) is 49.4 Å². The summed E-state index contributed by atoms with van der Waals surface area (Å²) < 4.78 is 0. The number of anilines is 1. The molecular formula is C16H13N7. The predicted molar refractivity (Wildman–Crippen MR) is 89.3 cm³/mol. The second kappa shape index (κ2) is 5.45. The van der Waals surface area contributed by atoms with Crippen LogP contribution in [0.3, 0.4) is 0 Å². The molecule has 0 saturated heterocycles. The normalized spacial score (nSPS) is 12.0. The summed E-state index contributed by atoms with van der Waals surface area (Å²) in [6, 6.07) is 13.6. The molecule has 3 heterocycles. The van der Waals surface area contributed by atoms with E-state index in [1.54, 1.807) is 6.20 Å². The Bertz CT molecular complexity index is 1000. The van der Waals surface area contributed by atoms with Crippen LogP contribution in [-0.4, -0.2) is 30.9 Å². The maximum Gasteiger partial charge on any atom is 0.265 e. The Labute approximate surface area is 131 Å².